The number of amides is 1. The molecule has 1 amide bonds. The van der Waals surface area contributed by atoms with Crippen LogP contribution in [0.2, 0.25) is 5.02 Å². The van der Waals surface area contributed by atoms with Crippen LogP contribution in [0.1, 0.15) is 33.7 Å². The highest BCUT2D eigenvalue weighted by atomic mass is 35.5. The molecule has 0 radical (unpaired) electrons. The summed E-state index contributed by atoms with van der Waals surface area (Å²) in [7, 11) is 0. The number of halogens is 5. The number of rotatable bonds is 5. The van der Waals surface area contributed by atoms with E-state index in [9.17, 15) is 27.5 Å². The summed E-state index contributed by atoms with van der Waals surface area (Å²) in [4.78, 5) is 22.3. The average molecular weight is 523 g/mol. The zero-order chi connectivity index (χ0) is 26.0. The fourth-order valence-corrected chi connectivity index (χ4v) is 4.10. The second-order valence-corrected chi connectivity index (χ2v) is 9.14. The van der Waals surface area contributed by atoms with E-state index in [0.29, 0.717) is 46.1 Å². The van der Waals surface area contributed by atoms with Crippen molar-refractivity contribution in [3.05, 3.63) is 76.3 Å². The van der Waals surface area contributed by atoms with Gasteiger partial charge in [-0.15, -0.1) is 0 Å². The number of aliphatic hydroxyl groups is 1. The number of aryl methyl sites for hydroxylation is 1. The molecule has 4 rings (SSSR count). The first-order chi connectivity index (χ1) is 17.0. The number of pyridine rings is 2. The van der Waals surface area contributed by atoms with Crippen LogP contribution in [0.4, 0.5) is 23.2 Å². The molecule has 3 heterocycles. The van der Waals surface area contributed by atoms with Crippen molar-refractivity contribution < 1.29 is 27.5 Å². The van der Waals surface area contributed by atoms with Gasteiger partial charge in [-0.2, -0.15) is 13.2 Å². The van der Waals surface area contributed by atoms with Crippen LogP contribution in [0.15, 0.2) is 48.8 Å². The van der Waals surface area contributed by atoms with Crippen LogP contribution in [-0.4, -0.2) is 51.2 Å². The Labute approximate surface area is 209 Å². The van der Waals surface area contributed by atoms with E-state index in [-0.39, 0.29) is 18.7 Å². The lowest BCUT2D eigenvalue weighted by atomic mass is 10.0. The molecular formula is C25H23ClF4N4O2. The van der Waals surface area contributed by atoms with Gasteiger partial charge in [0.15, 0.2) is 0 Å². The number of piperidine rings is 1. The normalized spacial score (nSPS) is 18.8. The molecular weight excluding hydrogens is 500 g/mol. The monoisotopic (exact) mass is 522 g/mol. The number of carbonyl (C=O) groups is 1. The molecule has 1 saturated heterocycles. The van der Waals surface area contributed by atoms with E-state index in [1.54, 1.807) is 25.1 Å². The van der Waals surface area contributed by atoms with Crippen molar-refractivity contribution in [2.45, 2.75) is 38.3 Å². The summed E-state index contributed by atoms with van der Waals surface area (Å²) in [6.45, 7) is 2.66. The molecule has 1 aliphatic heterocycles. The predicted octanol–water partition coefficient (Wildman–Crippen LogP) is 5.28. The Balaban J connectivity index is 1.64. The van der Waals surface area contributed by atoms with Crippen molar-refractivity contribution in [3.8, 4) is 11.1 Å². The number of nitrogens with zero attached hydrogens (tertiary/aromatic N) is 3. The maximum absolute atomic E-state index is 13.7. The van der Waals surface area contributed by atoms with Crippen molar-refractivity contribution in [3.63, 3.8) is 0 Å². The minimum Gasteiger partial charge on any atom is -0.389 e. The molecule has 1 aliphatic rings. The maximum atomic E-state index is 13.7. The van der Waals surface area contributed by atoms with Gasteiger partial charge in [0.05, 0.1) is 6.10 Å². The van der Waals surface area contributed by atoms with Crippen molar-refractivity contribution in [2.24, 2.45) is 0 Å². The molecule has 0 aliphatic carbocycles. The van der Waals surface area contributed by atoms with Gasteiger partial charge in [-0.05, 0) is 60.4 Å². The second-order valence-electron chi connectivity index (χ2n) is 8.73. The molecule has 36 heavy (non-hydrogen) atoms. The number of hydrogen-bond acceptors (Lipinski definition) is 5. The van der Waals surface area contributed by atoms with E-state index >= 15 is 0 Å². The van der Waals surface area contributed by atoms with Gasteiger partial charge in [-0.3, -0.25) is 19.7 Å². The maximum Gasteiger partial charge on any atom is 0.433 e. The van der Waals surface area contributed by atoms with E-state index in [0.717, 1.165) is 12.3 Å². The summed E-state index contributed by atoms with van der Waals surface area (Å²) >= 11 is 6.11. The molecule has 11 heteroatoms. The lowest BCUT2D eigenvalue weighted by Gasteiger charge is -2.32. The third-order valence-electron chi connectivity index (χ3n) is 5.90. The van der Waals surface area contributed by atoms with Crippen LogP contribution < -0.4 is 5.32 Å². The summed E-state index contributed by atoms with van der Waals surface area (Å²) in [6, 6.07) is 8.72. The highest BCUT2D eigenvalue weighted by molar-refractivity contribution is 6.31. The highest BCUT2D eigenvalue weighted by Gasteiger charge is 2.32. The van der Waals surface area contributed by atoms with Crippen LogP contribution in [0.5, 0.6) is 0 Å². The van der Waals surface area contributed by atoms with E-state index in [2.05, 4.69) is 15.3 Å². The van der Waals surface area contributed by atoms with Gasteiger partial charge in [0.1, 0.15) is 17.6 Å². The minimum absolute atomic E-state index is 0.0990. The van der Waals surface area contributed by atoms with Crippen LogP contribution >= 0.6 is 11.6 Å². The SMILES string of the molecule is Cc1cnc(C(=O)Nc2cc(CN3CC[C@@H](F)[C@H](O)C3)cc(-c3ccc(C(F)(F)F)nc3)c2)cc1Cl. The van der Waals surface area contributed by atoms with Gasteiger partial charge in [0, 0.05) is 48.3 Å². The number of hydrogen-bond donors (Lipinski definition) is 2. The van der Waals surface area contributed by atoms with Crippen molar-refractivity contribution in [2.75, 3.05) is 18.4 Å². The third-order valence-corrected chi connectivity index (χ3v) is 6.31. The predicted molar refractivity (Wildman–Crippen MR) is 127 cm³/mol. The molecule has 2 N–H and O–H groups in total. The standard InChI is InChI=1S/C25H23ClF4N4O2/c1-14-10-31-21(9-19(14)26)24(36)33-18-7-15(12-34-5-4-20(27)22(35)13-34)6-17(8-18)16-2-3-23(32-11-16)25(28,29)30/h2-3,6-11,20,22,35H,4-5,12-13H2,1H3,(H,33,36)/t20-,22-/m1/s1. The Morgan fingerprint density at radius 3 is 2.58 bits per heavy atom. The van der Waals surface area contributed by atoms with E-state index in [1.165, 1.54) is 18.3 Å². The fraction of sp³-hybridized carbons (Fsp3) is 0.320. The third kappa shape index (κ3) is 6.18. The number of nitrogens with one attached hydrogen (secondary N) is 1. The average Bonchev–Trinajstić information content (AvgIpc) is 2.82. The number of alkyl halides is 4. The summed E-state index contributed by atoms with van der Waals surface area (Å²) in [5, 5.41) is 13.0. The van der Waals surface area contributed by atoms with Crippen LogP contribution in [0.25, 0.3) is 11.1 Å². The summed E-state index contributed by atoms with van der Waals surface area (Å²) in [5.41, 5.74) is 1.84. The number of carbonyl (C=O) groups excluding carboxylic acids is 1. The lowest BCUT2D eigenvalue weighted by Crippen LogP contribution is -2.44. The number of β-amino-alcohol motifs (C(OH)–C–C–N with tert-alkyl or cyclic N) is 1. The van der Waals surface area contributed by atoms with E-state index in [1.807, 2.05) is 4.90 Å². The second kappa shape index (κ2) is 10.5. The summed E-state index contributed by atoms with van der Waals surface area (Å²) in [6.07, 6.45) is -4.16. The molecule has 0 saturated carbocycles. The summed E-state index contributed by atoms with van der Waals surface area (Å²) in [5.74, 6) is -0.515. The van der Waals surface area contributed by atoms with Gasteiger partial charge in [-0.25, -0.2) is 4.39 Å². The van der Waals surface area contributed by atoms with Gasteiger partial charge in [-0.1, -0.05) is 17.7 Å². The zero-order valence-corrected chi connectivity index (χ0v) is 19.9. The number of anilines is 1. The molecule has 0 bridgehead atoms. The first-order valence-electron chi connectivity index (χ1n) is 11.1. The fourth-order valence-electron chi connectivity index (χ4n) is 3.94. The first-order valence-corrected chi connectivity index (χ1v) is 11.5. The Kier molecular flexibility index (Phi) is 7.58. The van der Waals surface area contributed by atoms with Gasteiger partial charge in [0.25, 0.3) is 5.91 Å². The molecule has 2 aromatic heterocycles. The molecule has 1 aromatic carbocycles. The van der Waals surface area contributed by atoms with E-state index in [4.69, 9.17) is 11.6 Å². The molecule has 2 atom stereocenters. The Hall–Kier alpha value is -3.08. The summed E-state index contributed by atoms with van der Waals surface area (Å²) < 4.78 is 52.5. The first kappa shape index (κ1) is 26.0. The van der Waals surface area contributed by atoms with E-state index < -0.39 is 30.1 Å². The van der Waals surface area contributed by atoms with Crippen molar-refractivity contribution in [1.82, 2.24) is 14.9 Å². The minimum atomic E-state index is -4.56. The van der Waals surface area contributed by atoms with Crippen LogP contribution in [0, 0.1) is 6.92 Å². The van der Waals surface area contributed by atoms with Crippen molar-refractivity contribution >= 4 is 23.2 Å². The molecule has 1 fully saturated rings. The topological polar surface area (TPSA) is 78.4 Å². The molecule has 0 spiro atoms. The van der Waals surface area contributed by atoms with Crippen LogP contribution in [0.3, 0.4) is 0 Å². The van der Waals surface area contributed by atoms with Crippen LogP contribution in [-0.2, 0) is 12.7 Å². The quantitative estimate of drug-likeness (QED) is 0.446. The van der Waals surface area contributed by atoms with Gasteiger partial charge < -0.3 is 10.4 Å². The lowest BCUT2D eigenvalue weighted by molar-refractivity contribution is -0.141. The number of likely N-dealkylation sites (tertiary alicyclic amines) is 1. The number of benzene rings is 1. The highest BCUT2D eigenvalue weighted by Crippen LogP contribution is 2.31. The van der Waals surface area contributed by atoms with Gasteiger partial charge >= 0.3 is 6.18 Å². The number of aliphatic hydroxyl groups excluding tert-OH is 1. The zero-order valence-electron chi connectivity index (χ0n) is 19.2. The molecule has 190 valence electrons. The van der Waals surface area contributed by atoms with Gasteiger partial charge in [0.2, 0.25) is 0 Å². The Bertz CT molecular complexity index is 1250. The Morgan fingerprint density at radius 1 is 1.17 bits per heavy atom. The number of aromatic nitrogens is 2. The van der Waals surface area contributed by atoms with Crippen molar-refractivity contribution in [1.29, 1.82) is 0 Å². The Morgan fingerprint density at radius 2 is 1.94 bits per heavy atom. The molecule has 3 aromatic rings. The molecule has 0 unspecified atom stereocenters. The molecule has 6 nitrogen and oxygen atoms in total. The largest absolute Gasteiger partial charge is 0.433 e. The smallest absolute Gasteiger partial charge is 0.389 e.